The standard InChI is InChI=1S/C20H20ClN3O2S/c1-2-14-16(8-12(22)10-20(25)5-6-20)26-19-15(9-17(21)24-18(14)19)23-11-13-4-3-7-27-13/h1,3-4,7,9,12,25H,5-6,8,10-11,22H2,(H,23,24). The lowest BCUT2D eigenvalue weighted by atomic mass is 10.0. The summed E-state index contributed by atoms with van der Waals surface area (Å²) in [5, 5.41) is 15.8. The summed E-state index contributed by atoms with van der Waals surface area (Å²) in [6.07, 6.45) is 8.31. The molecule has 1 unspecified atom stereocenters. The third kappa shape index (κ3) is 3.97. The lowest BCUT2D eigenvalue weighted by molar-refractivity contribution is 0.130. The molecular formula is C20H20ClN3O2S. The van der Waals surface area contributed by atoms with Gasteiger partial charge in [-0.1, -0.05) is 23.6 Å². The number of anilines is 1. The van der Waals surface area contributed by atoms with Crippen LogP contribution in [0.3, 0.4) is 0 Å². The van der Waals surface area contributed by atoms with Gasteiger partial charge in [-0.3, -0.25) is 0 Å². The fourth-order valence-electron chi connectivity index (χ4n) is 3.25. The predicted molar refractivity (Wildman–Crippen MR) is 109 cm³/mol. The maximum Gasteiger partial charge on any atom is 0.177 e. The van der Waals surface area contributed by atoms with E-state index < -0.39 is 5.60 Å². The van der Waals surface area contributed by atoms with E-state index in [-0.39, 0.29) is 6.04 Å². The number of fused-ring (bicyclic) bond motifs is 1. The number of aliphatic hydroxyl groups is 1. The Balaban J connectivity index is 1.64. The number of nitrogens with one attached hydrogen (secondary N) is 1. The minimum atomic E-state index is -0.614. The lowest BCUT2D eigenvalue weighted by Gasteiger charge is -2.14. The van der Waals surface area contributed by atoms with Crippen LogP contribution in [-0.4, -0.2) is 21.7 Å². The molecule has 7 heteroatoms. The number of aromatic nitrogens is 1. The maximum absolute atomic E-state index is 10.1. The van der Waals surface area contributed by atoms with Crippen LogP contribution in [0.4, 0.5) is 5.69 Å². The normalized spacial score (nSPS) is 16.2. The van der Waals surface area contributed by atoms with E-state index in [1.807, 2.05) is 11.4 Å². The fraction of sp³-hybridized carbons (Fsp3) is 0.350. The molecule has 0 spiro atoms. The van der Waals surface area contributed by atoms with Gasteiger partial charge in [0.05, 0.1) is 16.9 Å². The molecule has 5 nitrogen and oxygen atoms in total. The van der Waals surface area contributed by atoms with Gasteiger partial charge in [0.2, 0.25) is 0 Å². The van der Waals surface area contributed by atoms with Crippen LogP contribution in [0.1, 0.15) is 35.5 Å². The van der Waals surface area contributed by atoms with Crippen molar-refractivity contribution in [1.82, 2.24) is 4.98 Å². The Hall–Kier alpha value is -2.04. The van der Waals surface area contributed by atoms with E-state index in [9.17, 15) is 5.11 Å². The van der Waals surface area contributed by atoms with Gasteiger partial charge in [-0.05, 0) is 30.7 Å². The van der Waals surface area contributed by atoms with Crippen LogP contribution >= 0.6 is 22.9 Å². The summed E-state index contributed by atoms with van der Waals surface area (Å²) in [6, 6.07) is 5.56. The molecular weight excluding hydrogens is 382 g/mol. The Kier molecular flexibility index (Phi) is 4.87. The van der Waals surface area contributed by atoms with E-state index in [1.165, 1.54) is 4.88 Å². The molecule has 1 atom stereocenters. The summed E-state index contributed by atoms with van der Waals surface area (Å²) >= 11 is 7.88. The first-order valence-electron chi connectivity index (χ1n) is 8.80. The molecule has 1 saturated carbocycles. The highest BCUT2D eigenvalue weighted by Gasteiger charge is 2.41. The topological polar surface area (TPSA) is 84.3 Å². The number of hydrogen-bond donors (Lipinski definition) is 3. The molecule has 140 valence electrons. The van der Waals surface area contributed by atoms with Gasteiger partial charge in [0, 0.05) is 30.0 Å². The van der Waals surface area contributed by atoms with Gasteiger partial charge in [-0.15, -0.1) is 17.8 Å². The minimum Gasteiger partial charge on any atom is -0.456 e. The van der Waals surface area contributed by atoms with Crippen molar-refractivity contribution in [2.24, 2.45) is 5.73 Å². The number of terminal acetylenes is 1. The van der Waals surface area contributed by atoms with Crippen LogP contribution in [-0.2, 0) is 13.0 Å². The van der Waals surface area contributed by atoms with E-state index in [4.69, 9.17) is 28.2 Å². The van der Waals surface area contributed by atoms with Crippen LogP contribution in [0, 0.1) is 12.3 Å². The summed E-state index contributed by atoms with van der Waals surface area (Å²) < 4.78 is 6.07. The van der Waals surface area contributed by atoms with Crippen molar-refractivity contribution >= 4 is 39.7 Å². The molecule has 0 aliphatic heterocycles. The number of hydrogen-bond acceptors (Lipinski definition) is 6. The van der Waals surface area contributed by atoms with Crippen molar-refractivity contribution in [1.29, 1.82) is 0 Å². The van der Waals surface area contributed by atoms with Crippen LogP contribution < -0.4 is 11.1 Å². The van der Waals surface area contributed by atoms with Crippen LogP contribution in [0.2, 0.25) is 5.15 Å². The van der Waals surface area contributed by atoms with Crippen molar-refractivity contribution in [3.63, 3.8) is 0 Å². The number of nitrogens with two attached hydrogens (primary N) is 1. The molecule has 0 amide bonds. The van der Waals surface area contributed by atoms with Crippen molar-refractivity contribution in [3.8, 4) is 12.3 Å². The molecule has 3 aromatic rings. The largest absolute Gasteiger partial charge is 0.456 e. The molecule has 4 rings (SSSR count). The lowest BCUT2D eigenvalue weighted by Crippen LogP contribution is -2.29. The van der Waals surface area contributed by atoms with Crippen molar-refractivity contribution in [3.05, 3.63) is 44.9 Å². The average molecular weight is 402 g/mol. The Morgan fingerprint density at radius 3 is 3.00 bits per heavy atom. The number of furan rings is 1. The first-order valence-corrected chi connectivity index (χ1v) is 10.1. The zero-order valence-corrected chi connectivity index (χ0v) is 16.2. The number of halogens is 1. The van der Waals surface area contributed by atoms with Crippen molar-refractivity contribution < 1.29 is 9.52 Å². The average Bonchev–Trinajstić information content (AvgIpc) is 3.02. The fourth-order valence-corrected chi connectivity index (χ4v) is 4.09. The smallest absolute Gasteiger partial charge is 0.177 e. The van der Waals surface area contributed by atoms with E-state index in [2.05, 4.69) is 22.3 Å². The predicted octanol–water partition coefficient (Wildman–Crippen LogP) is 3.92. The molecule has 3 heterocycles. The minimum absolute atomic E-state index is 0.233. The SMILES string of the molecule is C#Cc1c(CC(N)CC2(O)CC2)oc2c(NCc3cccs3)cc(Cl)nc12. The number of thiophene rings is 1. The zero-order valence-electron chi connectivity index (χ0n) is 14.7. The molecule has 1 aliphatic rings. The van der Waals surface area contributed by atoms with Gasteiger partial charge in [0.15, 0.2) is 5.58 Å². The second kappa shape index (κ2) is 7.17. The molecule has 1 fully saturated rings. The first-order chi connectivity index (χ1) is 13.0. The van der Waals surface area contributed by atoms with Gasteiger partial charge in [0.25, 0.3) is 0 Å². The van der Waals surface area contributed by atoms with E-state index in [1.54, 1.807) is 17.4 Å². The van der Waals surface area contributed by atoms with Gasteiger partial charge >= 0.3 is 0 Å². The summed E-state index contributed by atoms with van der Waals surface area (Å²) in [5.74, 6) is 3.28. The summed E-state index contributed by atoms with van der Waals surface area (Å²) in [4.78, 5) is 5.56. The van der Waals surface area contributed by atoms with Gasteiger partial charge < -0.3 is 20.6 Å². The highest BCUT2D eigenvalue weighted by molar-refractivity contribution is 7.09. The quantitative estimate of drug-likeness (QED) is 0.412. The molecule has 27 heavy (non-hydrogen) atoms. The van der Waals surface area contributed by atoms with Gasteiger partial charge in [-0.25, -0.2) is 4.98 Å². The first kappa shape index (κ1) is 18.3. The molecule has 0 bridgehead atoms. The summed E-state index contributed by atoms with van der Waals surface area (Å²) in [6.45, 7) is 0.654. The highest BCUT2D eigenvalue weighted by Crippen LogP contribution is 2.40. The third-order valence-electron chi connectivity index (χ3n) is 4.78. The molecule has 0 aromatic carbocycles. The Morgan fingerprint density at radius 1 is 1.52 bits per heavy atom. The third-order valence-corrected chi connectivity index (χ3v) is 5.85. The molecule has 1 aliphatic carbocycles. The van der Waals surface area contributed by atoms with Crippen molar-refractivity contribution in [2.75, 3.05) is 5.32 Å². The van der Waals surface area contributed by atoms with Gasteiger partial charge in [0.1, 0.15) is 16.4 Å². The Morgan fingerprint density at radius 2 is 2.33 bits per heavy atom. The second-order valence-corrected chi connectivity index (χ2v) is 8.46. The van der Waals surface area contributed by atoms with Crippen LogP contribution in [0.5, 0.6) is 0 Å². The second-order valence-electron chi connectivity index (χ2n) is 7.04. The maximum atomic E-state index is 10.1. The van der Waals surface area contributed by atoms with Crippen LogP contribution in [0.25, 0.3) is 11.1 Å². The molecule has 0 saturated heterocycles. The molecule has 4 N–H and O–H groups in total. The van der Waals surface area contributed by atoms with E-state index in [0.717, 1.165) is 18.5 Å². The molecule has 0 radical (unpaired) electrons. The number of rotatable bonds is 7. The zero-order chi connectivity index (χ0) is 19.0. The summed E-state index contributed by atoms with van der Waals surface area (Å²) in [5.41, 5.74) is 8.07. The van der Waals surface area contributed by atoms with Crippen molar-refractivity contribution in [2.45, 2.75) is 43.9 Å². The Labute approximate surface area is 166 Å². The van der Waals surface area contributed by atoms with Gasteiger partial charge in [-0.2, -0.15) is 0 Å². The monoisotopic (exact) mass is 401 g/mol. The van der Waals surface area contributed by atoms with E-state index in [0.29, 0.717) is 47.0 Å². The number of nitrogens with zero attached hydrogens (tertiary/aromatic N) is 1. The number of pyridine rings is 1. The van der Waals surface area contributed by atoms with Crippen LogP contribution in [0.15, 0.2) is 28.0 Å². The summed E-state index contributed by atoms with van der Waals surface area (Å²) in [7, 11) is 0. The highest BCUT2D eigenvalue weighted by atomic mass is 35.5. The van der Waals surface area contributed by atoms with E-state index >= 15 is 0 Å². The Bertz CT molecular complexity index is 1000. The molecule has 3 aromatic heterocycles.